The number of amides is 1. The number of carbonyl (C=O) groups excluding carboxylic acids is 1. The molecule has 1 N–H and O–H groups in total. The monoisotopic (exact) mass is 288 g/mol. The first kappa shape index (κ1) is 12.9. The number of likely N-dealkylation sites (tertiary alicyclic amines) is 1. The molecule has 0 aromatic carbocycles. The van der Waals surface area contributed by atoms with Crippen molar-refractivity contribution < 1.29 is 4.79 Å². The van der Waals surface area contributed by atoms with Gasteiger partial charge in [0.15, 0.2) is 0 Å². The smallest absolute Gasteiger partial charge is 0.226 e. The summed E-state index contributed by atoms with van der Waals surface area (Å²) < 4.78 is 0. The number of nitrogens with zero attached hydrogens (tertiary/aromatic N) is 1. The minimum absolute atomic E-state index is 0.406. The van der Waals surface area contributed by atoms with Gasteiger partial charge in [-0.1, -0.05) is 0 Å². The van der Waals surface area contributed by atoms with E-state index in [1.807, 2.05) is 0 Å². The standard InChI is InChI=1S/C18H28N2O/c21-18(20-4-2-16-13(10-20)1-3-19-16)17-14-6-11-5-12(8-14)9-15(17)7-11/h11-17,19H,1-10H2. The average Bonchev–Trinajstić information content (AvgIpc) is 2.93. The zero-order valence-electron chi connectivity index (χ0n) is 13.0. The van der Waals surface area contributed by atoms with Gasteiger partial charge in [0.2, 0.25) is 5.91 Å². The third kappa shape index (κ3) is 1.99. The van der Waals surface area contributed by atoms with Crippen molar-refractivity contribution in [3.63, 3.8) is 0 Å². The first-order valence-corrected chi connectivity index (χ1v) is 9.30. The largest absolute Gasteiger partial charge is 0.342 e. The Hall–Kier alpha value is -0.570. The van der Waals surface area contributed by atoms with E-state index in [9.17, 15) is 4.79 Å². The zero-order chi connectivity index (χ0) is 14.0. The second kappa shape index (κ2) is 4.71. The van der Waals surface area contributed by atoms with Gasteiger partial charge in [0.1, 0.15) is 0 Å². The Balaban J connectivity index is 1.32. The fraction of sp³-hybridized carbons (Fsp3) is 0.944. The number of hydrogen-bond acceptors (Lipinski definition) is 2. The second-order valence-corrected chi connectivity index (χ2v) is 8.64. The molecule has 0 aromatic heterocycles. The molecule has 2 aliphatic heterocycles. The van der Waals surface area contributed by atoms with E-state index in [-0.39, 0.29) is 0 Å². The Morgan fingerprint density at radius 1 is 0.905 bits per heavy atom. The van der Waals surface area contributed by atoms with Gasteiger partial charge >= 0.3 is 0 Å². The van der Waals surface area contributed by atoms with Crippen LogP contribution in [-0.4, -0.2) is 36.5 Å². The third-order valence-electron chi connectivity index (χ3n) is 7.48. The molecule has 21 heavy (non-hydrogen) atoms. The zero-order valence-corrected chi connectivity index (χ0v) is 13.0. The molecule has 0 spiro atoms. The number of piperidine rings is 1. The molecule has 3 nitrogen and oxygen atoms in total. The van der Waals surface area contributed by atoms with Gasteiger partial charge in [0, 0.05) is 25.0 Å². The minimum Gasteiger partial charge on any atom is -0.342 e. The lowest BCUT2D eigenvalue weighted by Crippen LogP contribution is -2.55. The Labute approximate surface area is 127 Å². The number of carbonyl (C=O) groups is 1. The van der Waals surface area contributed by atoms with Crippen LogP contribution in [0.25, 0.3) is 0 Å². The molecular weight excluding hydrogens is 260 g/mol. The number of hydrogen-bond donors (Lipinski definition) is 1. The van der Waals surface area contributed by atoms with Gasteiger partial charge < -0.3 is 10.2 Å². The van der Waals surface area contributed by atoms with Gasteiger partial charge in [-0.3, -0.25) is 4.79 Å². The van der Waals surface area contributed by atoms with Crippen LogP contribution in [0, 0.1) is 35.5 Å². The molecule has 2 unspecified atom stereocenters. The van der Waals surface area contributed by atoms with Gasteiger partial charge in [-0.25, -0.2) is 0 Å². The fourth-order valence-corrected chi connectivity index (χ4v) is 6.79. The molecule has 6 aliphatic rings. The fourth-order valence-electron chi connectivity index (χ4n) is 6.79. The van der Waals surface area contributed by atoms with Crippen molar-refractivity contribution in [2.75, 3.05) is 19.6 Å². The van der Waals surface area contributed by atoms with E-state index in [2.05, 4.69) is 10.2 Å². The summed E-state index contributed by atoms with van der Waals surface area (Å²) in [5, 5.41) is 3.61. The molecule has 4 saturated carbocycles. The first-order chi connectivity index (χ1) is 10.3. The predicted octanol–water partition coefficient (Wildman–Crippen LogP) is 2.27. The van der Waals surface area contributed by atoms with Crippen molar-refractivity contribution in [2.45, 2.75) is 51.0 Å². The Morgan fingerprint density at radius 3 is 2.33 bits per heavy atom. The highest BCUT2D eigenvalue weighted by Crippen LogP contribution is 2.57. The first-order valence-electron chi connectivity index (χ1n) is 9.30. The van der Waals surface area contributed by atoms with Crippen LogP contribution >= 0.6 is 0 Å². The van der Waals surface area contributed by atoms with E-state index in [1.54, 1.807) is 0 Å². The summed E-state index contributed by atoms with van der Waals surface area (Å²) in [5.41, 5.74) is 0. The molecule has 2 saturated heterocycles. The topological polar surface area (TPSA) is 32.3 Å². The van der Waals surface area contributed by atoms with Crippen LogP contribution in [0.5, 0.6) is 0 Å². The van der Waals surface area contributed by atoms with Crippen molar-refractivity contribution in [2.24, 2.45) is 35.5 Å². The maximum Gasteiger partial charge on any atom is 0.226 e. The van der Waals surface area contributed by atoms with Gasteiger partial charge in [-0.05, 0) is 81.1 Å². The van der Waals surface area contributed by atoms with E-state index >= 15 is 0 Å². The molecule has 6 fully saturated rings. The molecule has 6 rings (SSSR count). The molecule has 3 heteroatoms. The lowest BCUT2D eigenvalue weighted by atomic mass is 9.51. The number of rotatable bonds is 1. The molecule has 4 bridgehead atoms. The molecule has 4 aliphatic carbocycles. The van der Waals surface area contributed by atoms with Gasteiger partial charge in [-0.2, -0.15) is 0 Å². The summed E-state index contributed by atoms with van der Waals surface area (Å²) in [4.78, 5) is 15.4. The highest BCUT2D eigenvalue weighted by molar-refractivity contribution is 5.80. The lowest BCUT2D eigenvalue weighted by Gasteiger charge is -2.54. The maximum atomic E-state index is 13.2. The maximum absolute atomic E-state index is 13.2. The van der Waals surface area contributed by atoms with Gasteiger partial charge in [0.25, 0.3) is 0 Å². The summed E-state index contributed by atoms with van der Waals surface area (Å²) in [6.07, 6.45) is 9.40. The van der Waals surface area contributed by atoms with Crippen molar-refractivity contribution in [1.29, 1.82) is 0 Å². The minimum atomic E-state index is 0.406. The van der Waals surface area contributed by atoms with Crippen LogP contribution in [-0.2, 0) is 4.79 Å². The number of fused-ring (bicyclic) bond motifs is 1. The summed E-state index contributed by atoms with van der Waals surface area (Å²) in [6, 6.07) is 0.701. The Morgan fingerprint density at radius 2 is 1.62 bits per heavy atom. The predicted molar refractivity (Wildman–Crippen MR) is 81.6 cm³/mol. The molecule has 116 valence electrons. The highest BCUT2D eigenvalue weighted by atomic mass is 16.2. The molecule has 1 amide bonds. The van der Waals surface area contributed by atoms with Gasteiger partial charge in [0.05, 0.1) is 0 Å². The summed E-state index contributed by atoms with van der Waals surface area (Å²) >= 11 is 0. The molecule has 0 aromatic rings. The normalized spacial score (nSPS) is 51.2. The van der Waals surface area contributed by atoms with Crippen molar-refractivity contribution in [1.82, 2.24) is 10.2 Å². The SMILES string of the molecule is O=C(C1C2CC3CC(C2)CC1C3)N1CCC2NCCC2C1. The summed E-state index contributed by atoms with van der Waals surface area (Å²) in [7, 11) is 0. The Bertz CT molecular complexity index is 420. The van der Waals surface area contributed by atoms with E-state index in [0.717, 1.165) is 49.2 Å². The van der Waals surface area contributed by atoms with Crippen molar-refractivity contribution in [3.05, 3.63) is 0 Å². The highest BCUT2D eigenvalue weighted by Gasteiger charge is 2.52. The quantitative estimate of drug-likeness (QED) is 0.803. The summed E-state index contributed by atoms with van der Waals surface area (Å²) in [5.74, 6) is 5.13. The van der Waals surface area contributed by atoms with Gasteiger partial charge in [-0.15, -0.1) is 0 Å². The van der Waals surface area contributed by atoms with Crippen molar-refractivity contribution in [3.8, 4) is 0 Å². The second-order valence-electron chi connectivity index (χ2n) is 8.64. The van der Waals surface area contributed by atoms with Crippen LogP contribution in [0.3, 0.4) is 0 Å². The molecule has 2 heterocycles. The number of nitrogens with one attached hydrogen (secondary N) is 1. The third-order valence-corrected chi connectivity index (χ3v) is 7.48. The van der Waals surface area contributed by atoms with E-state index in [0.29, 0.717) is 17.9 Å². The van der Waals surface area contributed by atoms with Crippen LogP contribution in [0.15, 0.2) is 0 Å². The summed E-state index contributed by atoms with van der Waals surface area (Å²) in [6.45, 7) is 3.21. The van der Waals surface area contributed by atoms with Crippen LogP contribution in [0.4, 0.5) is 0 Å². The average molecular weight is 288 g/mol. The molecule has 0 radical (unpaired) electrons. The van der Waals surface area contributed by atoms with E-state index in [4.69, 9.17) is 0 Å². The van der Waals surface area contributed by atoms with Crippen molar-refractivity contribution >= 4 is 5.91 Å². The van der Waals surface area contributed by atoms with Crippen LogP contribution in [0.1, 0.15) is 44.9 Å². The van der Waals surface area contributed by atoms with E-state index < -0.39 is 0 Å². The Kier molecular flexibility index (Phi) is 2.90. The van der Waals surface area contributed by atoms with E-state index in [1.165, 1.54) is 44.9 Å². The van der Waals surface area contributed by atoms with Crippen LogP contribution < -0.4 is 5.32 Å². The molecule has 2 atom stereocenters. The van der Waals surface area contributed by atoms with Crippen LogP contribution in [0.2, 0.25) is 0 Å². The lowest BCUT2D eigenvalue weighted by molar-refractivity contribution is -0.151. The molecular formula is C18H28N2O.